The van der Waals surface area contributed by atoms with Crippen molar-refractivity contribution in [2.24, 2.45) is 5.10 Å². The van der Waals surface area contributed by atoms with Crippen LogP contribution in [0.15, 0.2) is 39.9 Å². The Morgan fingerprint density at radius 3 is 2.45 bits per heavy atom. The van der Waals surface area contributed by atoms with Crippen molar-refractivity contribution >= 4 is 58.7 Å². The summed E-state index contributed by atoms with van der Waals surface area (Å²) >= 11 is 11.7. The van der Waals surface area contributed by atoms with Gasteiger partial charge in [-0.25, -0.2) is 5.43 Å². The smallest absolute Gasteiger partial charge is 0.329 e. The summed E-state index contributed by atoms with van der Waals surface area (Å²) in [4.78, 5) is 49.4. The van der Waals surface area contributed by atoms with Crippen LogP contribution in [-0.4, -0.2) is 47.8 Å². The molecule has 4 amide bonds. The zero-order valence-electron chi connectivity index (χ0n) is 17.4. The second-order valence-corrected chi connectivity index (χ2v) is 7.94. The molecule has 0 bridgehead atoms. The van der Waals surface area contributed by atoms with E-state index in [2.05, 4.69) is 21.2 Å². The molecule has 1 saturated heterocycles. The molecule has 0 unspecified atom stereocenters. The highest BCUT2D eigenvalue weighted by molar-refractivity contribution is 6.43. The third kappa shape index (κ3) is 7.06. The number of likely N-dealkylation sites (tertiary alicyclic amines) is 1. The van der Waals surface area contributed by atoms with Crippen LogP contribution in [0.4, 0.5) is 5.69 Å². The van der Waals surface area contributed by atoms with Crippen LogP contribution >= 0.6 is 23.2 Å². The Balaban J connectivity index is 1.43. The zero-order chi connectivity index (χ0) is 23.8. The number of hydrogen-bond acceptors (Lipinski definition) is 6. The molecule has 1 aliphatic heterocycles. The van der Waals surface area contributed by atoms with Gasteiger partial charge in [-0.3, -0.25) is 19.2 Å². The molecule has 12 heteroatoms. The van der Waals surface area contributed by atoms with E-state index in [1.807, 2.05) is 0 Å². The highest BCUT2D eigenvalue weighted by atomic mass is 35.5. The summed E-state index contributed by atoms with van der Waals surface area (Å²) in [6, 6.07) is 7.55. The number of halogens is 2. The van der Waals surface area contributed by atoms with E-state index >= 15 is 0 Å². The van der Waals surface area contributed by atoms with Gasteiger partial charge in [-0.05, 0) is 49.6 Å². The van der Waals surface area contributed by atoms with E-state index in [0.717, 1.165) is 19.3 Å². The Hall–Kier alpha value is -3.37. The number of carbonyl (C=O) groups excluding carboxylic acids is 4. The Morgan fingerprint density at radius 2 is 1.73 bits per heavy atom. The average molecular weight is 494 g/mol. The van der Waals surface area contributed by atoms with Crippen molar-refractivity contribution in [2.75, 3.05) is 18.4 Å². The fraction of sp³-hybridized carbons (Fsp3) is 0.286. The summed E-state index contributed by atoms with van der Waals surface area (Å²) in [6.07, 6.45) is 4.03. The molecule has 174 valence electrons. The molecule has 2 heterocycles. The lowest BCUT2D eigenvalue weighted by Gasteiger charge is -2.25. The van der Waals surface area contributed by atoms with Gasteiger partial charge in [-0.2, -0.15) is 5.10 Å². The van der Waals surface area contributed by atoms with Crippen molar-refractivity contribution in [3.05, 3.63) is 51.9 Å². The van der Waals surface area contributed by atoms with Crippen molar-refractivity contribution in [1.29, 1.82) is 0 Å². The Labute approximate surface area is 199 Å². The molecule has 0 atom stereocenters. The number of hydrogen-bond donors (Lipinski definition) is 3. The fourth-order valence-electron chi connectivity index (χ4n) is 3.01. The van der Waals surface area contributed by atoms with Gasteiger partial charge in [0.05, 0.1) is 22.8 Å². The van der Waals surface area contributed by atoms with Crippen LogP contribution in [0.25, 0.3) is 0 Å². The largest absolute Gasteiger partial charge is 0.458 e. The Kier molecular flexibility index (Phi) is 8.45. The number of amides is 4. The van der Waals surface area contributed by atoms with Gasteiger partial charge in [0, 0.05) is 18.8 Å². The molecular weight excluding hydrogens is 473 g/mol. The van der Waals surface area contributed by atoms with Crippen molar-refractivity contribution in [1.82, 2.24) is 15.6 Å². The Morgan fingerprint density at radius 1 is 0.970 bits per heavy atom. The molecule has 1 fully saturated rings. The van der Waals surface area contributed by atoms with Crippen molar-refractivity contribution in [3.8, 4) is 0 Å². The fourth-order valence-corrected chi connectivity index (χ4v) is 3.31. The lowest BCUT2D eigenvalue weighted by atomic mass is 10.1. The van der Waals surface area contributed by atoms with Gasteiger partial charge in [0.1, 0.15) is 11.5 Å². The number of piperidine rings is 1. The van der Waals surface area contributed by atoms with Crippen LogP contribution in [0.5, 0.6) is 0 Å². The van der Waals surface area contributed by atoms with E-state index in [9.17, 15) is 19.2 Å². The van der Waals surface area contributed by atoms with E-state index < -0.39 is 23.6 Å². The van der Waals surface area contributed by atoms with Gasteiger partial charge in [0.15, 0.2) is 0 Å². The molecule has 0 spiro atoms. The van der Waals surface area contributed by atoms with Crippen molar-refractivity contribution < 1.29 is 23.6 Å². The molecule has 0 saturated carbocycles. The van der Waals surface area contributed by atoms with Gasteiger partial charge in [-0.15, -0.1) is 0 Å². The first-order valence-electron chi connectivity index (χ1n) is 10.1. The summed E-state index contributed by atoms with van der Waals surface area (Å²) in [6.45, 7) is 1.07. The lowest BCUT2D eigenvalue weighted by molar-refractivity contribution is -0.146. The van der Waals surface area contributed by atoms with E-state index in [1.54, 1.807) is 12.1 Å². The number of nitrogens with one attached hydrogen (secondary N) is 3. The van der Waals surface area contributed by atoms with E-state index in [1.165, 1.54) is 29.3 Å². The summed E-state index contributed by atoms with van der Waals surface area (Å²) < 4.78 is 5.45. The van der Waals surface area contributed by atoms with Crippen LogP contribution < -0.4 is 16.1 Å². The SMILES string of the molecule is O=C(NCc1ccc(/C=N/NC(=O)C(=O)N2CCCCC2)o1)C(=O)Nc1ccc(Cl)c(Cl)c1. The summed E-state index contributed by atoms with van der Waals surface area (Å²) in [5, 5.41) is 9.10. The molecular formula is C21H21Cl2N5O5. The standard InChI is InChI=1S/C21H21Cl2N5O5/c22-16-7-4-13(10-17(16)23)26-19(30)18(29)24-11-14-5-6-15(33-14)12-25-27-20(31)21(32)28-8-2-1-3-9-28/h4-7,10,12H,1-3,8-9,11H2,(H,24,29)(H,26,30)(H,27,31)/b25-12+. The molecule has 1 aromatic carbocycles. The molecule has 1 aliphatic rings. The monoisotopic (exact) mass is 493 g/mol. The highest BCUT2D eigenvalue weighted by Crippen LogP contribution is 2.24. The minimum absolute atomic E-state index is 0.0543. The summed E-state index contributed by atoms with van der Waals surface area (Å²) in [5.74, 6) is -2.57. The number of carbonyl (C=O) groups is 4. The molecule has 3 rings (SSSR count). The maximum absolute atomic E-state index is 12.0. The minimum atomic E-state index is -0.886. The number of furan rings is 1. The number of hydrazone groups is 1. The van der Waals surface area contributed by atoms with Crippen LogP contribution in [0.2, 0.25) is 10.0 Å². The lowest BCUT2D eigenvalue weighted by Crippen LogP contribution is -2.43. The second-order valence-electron chi connectivity index (χ2n) is 7.12. The van der Waals surface area contributed by atoms with Gasteiger partial charge >= 0.3 is 23.6 Å². The third-order valence-corrected chi connectivity index (χ3v) is 5.42. The maximum atomic E-state index is 12.0. The van der Waals surface area contributed by atoms with Gasteiger partial charge in [0.25, 0.3) is 0 Å². The number of rotatable bonds is 5. The summed E-state index contributed by atoms with van der Waals surface area (Å²) in [5.41, 5.74) is 2.49. The van der Waals surface area contributed by atoms with Gasteiger partial charge in [0.2, 0.25) is 0 Å². The normalized spacial score (nSPS) is 13.6. The van der Waals surface area contributed by atoms with Crippen LogP contribution in [0, 0.1) is 0 Å². The molecule has 0 radical (unpaired) electrons. The number of anilines is 1. The first-order valence-corrected chi connectivity index (χ1v) is 10.8. The predicted molar refractivity (Wildman–Crippen MR) is 122 cm³/mol. The van der Waals surface area contributed by atoms with Crippen LogP contribution in [-0.2, 0) is 25.7 Å². The average Bonchev–Trinajstić information content (AvgIpc) is 3.27. The number of benzene rings is 1. The maximum Gasteiger partial charge on any atom is 0.329 e. The van der Waals surface area contributed by atoms with Crippen molar-refractivity contribution in [3.63, 3.8) is 0 Å². The zero-order valence-corrected chi connectivity index (χ0v) is 18.9. The molecule has 2 aromatic rings. The quantitative estimate of drug-likeness (QED) is 0.333. The van der Waals surface area contributed by atoms with Gasteiger partial charge in [-0.1, -0.05) is 23.2 Å². The van der Waals surface area contributed by atoms with Crippen molar-refractivity contribution in [2.45, 2.75) is 25.8 Å². The number of nitrogens with zero attached hydrogens (tertiary/aromatic N) is 2. The molecule has 33 heavy (non-hydrogen) atoms. The summed E-state index contributed by atoms with van der Waals surface area (Å²) in [7, 11) is 0. The molecule has 3 N–H and O–H groups in total. The second kappa shape index (κ2) is 11.5. The van der Waals surface area contributed by atoms with E-state index in [0.29, 0.717) is 29.6 Å². The minimum Gasteiger partial charge on any atom is -0.458 e. The van der Waals surface area contributed by atoms with Crippen LogP contribution in [0.1, 0.15) is 30.8 Å². The highest BCUT2D eigenvalue weighted by Gasteiger charge is 2.22. The topological polar surface area (TPSA) is 133 Å². The van der Waals surface area contributed by atoms with Gasteiger partial charge < -0.3 is 20.0 Å². The predicted octanol–water partition coefficient (Wildman–Crippen LogP) is 2.30. The molecule has 1 aromatic heterocycles. The first-order chi connectivity index (χ1) is 15.8. The van der Waals surface area contributed by atoms with E-state index in [4.69, 9.17) is 27.6 Å². The Bertz CT molecular complexity index is 1080. The first kappa shape index (κ1) is 24.3. The molecule has 0 aliphatic carbocycles. The molecule has 10 nitrogen and oxygen atoms in total. The third-order valence-electron chi connectivity index (χ3n) is 4.68. The van der Waals surface area contributed by atoms with Crippen LogP contribution in [0.3, 0.4) is 0 Å². The van der Waals surface area contributed by atoms with E-state index in [-0.39, 0.29) is 17.3 Å².